The Morgan fingerprint density at radius 2 is 1.87 bits per heavy atom. The summed E-state index contributed by atoms with van der Waals surface area (Å²) in [5.41, 5.74) is 0.194. The lowest BCUT2D eigenvalue weighted by atomic mass is 10.2. The van der Waals surface area contributed by atoms with Gasteiger partial charge in [-0.25, -0.2) is 9.78 Å². The molecule has 0 radical (unpaired) electrons. The smallest absolute Gasteiger partial charge is 0.410 e. The van der Waals surface area contributed by atoms with Gasteiger partial charge in [-0.05, 0) is 32.9 Å². The minimum atomic E-state index is -0.492. The van der Waals surface area contributed by atoms with E-state index in [0.717, 1.165) is 5.82 Å². The molecule has 1 aliphatic rings. The molecule has 23 heavy (non-hydrogen) atoms. The van der Waals surface area contributed by atoms with Crippen LogP contribution in [0.25, 0.3) is 0 Å². The van der Waals surface area contributed by atoms with E-state index in [-0.39, 0.29) is 12.0 Å². The van der Waals surface area contributed by atoms with Crippen molar-refractivity contribution in [2.24, 2.45) is 0 Å². The Kier molecular flexibility index (Phi) is 5.08. The third kappa shape index (κ3) is 4.84. The van der Waals surface area contributed by atoms with Crippen molar-refractivity contribution in [1.82, 2.24) is 9.88 Å². The van der Waals surface area contributed by atoms with Gasteiger partial charge in [0.25, 0.3) is 0 Å². The Bertz CT molecular complexity index is 575. The van der Waals surface area contributed by atoms with Gasteiger partial charge in [0.05, 0.1) is 5.69 Å². The number of carbonyl (C=O) groups excluding carboxylic acids is 2. The summed E-state index contributed by atoms with van der Waals surface area (Å²) >= 11 is 0. The lowest BCUT2D eigenvalue weighted by molar-refractivity contribution is -0.114. The SMILES string of the molecule is CC(=O)Nc1cccnc1N1CCN(C(=O)OC(C)(C)C)CC1. The van der Waals surface area contributed by atoms with Gasteiger partial charge in [0.1, 0.15) is 5.60 Å². The molecule has 0 unspecified atom stereocenters. The Balaban J connectivity index is 2.00. The first-order valence-corrected chi connectivity index (χ1v) is 7.72. The van der Waals surface area contributed by atoms with Crippen LogP contribution in [-0.4, -0.2) is 53.7 Å². The van der Waals surface area contributed by atoms with Crippen molar-refractivity contribution in [3.05, 3.63) is 18.3 Å². The topological polar surface area (TPSA) is 74.8 Å². The number of hydrogen-bond donors (Lipinski definition) is 1. The average Bonchev–Trinajstić information content (AvgIpc) is 2.45. The molecule has 0 bridgehead atoms. The number of rotatable bonds is 2. The maximum atomic E-state index is 12.1. The van der Waals surface area contributed by atoms with Crippen molar-refractivity contribution in [2.75, 3.05) is 36.4 Å². The average molecular weight is 320 g/mol. The second-order valence-electron chi connectivity index (χ2n) is 6.51. The van der Waals surface area contributed by atoms with Gasteiger partial charge >= 0.3 is 6.09 Å². The second kappa shape index (κ2) is 6.85. The molecule has 126 valence electrons. The van der Waals surface area contributed by atoms with E-state index in [0.29, 0.717) is 31.9 Å². The van der Waals surface area contributed by atoms with Crippen LogP contribution in [0, 0.1) is 0 Å². The molecule has 0 aromatic carbocycles. The van der Waals surface area contributed by atoms with Crippen LogP contribution < -0.4 is 10.2 Å². The zero-order valence-electron chi connectivity index (χ0n) is 14.1. The van der Waals surface area contributed by atoms with E-state index in [1.807, 2.05) is 26.8 Å². The molecule has 1 fully saturated rings. The quantitative estimate of drug-likeness (QED) is 0.903. The van der Waals surface area contributed by atoms with E-state index < -0.39 is 5.60 Å². The second-order valence-corrected chi connectivity index (χ2v) is 6.51. The van der Waals surface area contributed by atoms with E-state index in [9.17, 15) is 9.59 Å². The molecule has 0 spiro atoms. The van der Waals surface area contributed by atoms with Crippen LogP contribution in [-0.2, 0) is 9.53 Å². The summed E-state index contributed by atoms with van der Waals surface area (Å²) in [4.78, 5) is 31.5. The lowest BCUT2D eigenvalue weighted by Crippen LogP contribution is -2.50. The third-order valence-corrected chi connectivity index (χ3v) is 3.33. The zero-order valence-corrected chi connectivity index (χ0v) is 14.1. The number of aromatic nitrogens is 1. The molecule has 1 N–H and O–H groups in total. The first kappa shape index (κ1) is 17.1. The van der Waals surface area contributed by atoms with Gasteiger partial charge in [0, 0.05) is 39.3 Å². The molecule has 0 saturated carbocycles. The Labute approximate surface area is 136 Å². The molecule has 0 aliphatic carbocycles. The summed E-state index contributed by atoms with van der Waals surface area (Å²) in [5, 5.41) is 2.79. The maximum Gasteiger partial charge on any atom is 0.410 e. The van der Waals surface area contributed by atoms with E-state index >= 15 is 0 Å². The Morgan fingerprint density at radius 3 is 2.43 bits per heavy atom. The summed E-state index contributed by atoms with van der Waals surface area (Å²) in [6.07, 6.45) is 1.40. The minimum Gasteiger partial charge on any atom is -0.444 e. The Morgan fingerprint density at radius 1 is 1.22 bits per heavy atom. The fourth-order valence-corrected chi connectivity index (χ4v) is 2.36. The largest absolute Gasteiger partial charge is 0.444 e. The van der Waals surface area contributed by atoms with Crippen LogP contribution in [0.1, 0.15) is 27.7 Å². The van der Waals surface area contributed by atoms with Crippen LogP contribution >= 0.6 is 0 Å². The van der Waals surface area contributed by atoms with Crippen LogP contribution in [0.2, 0.25) is 0 Å². The van der Waals surface area contributed by atoms with Crippen molar-refractivity contribution < 1.29 is 14.3 Å². The molecule has 1 saturated heterocycles. The van der Waals surface area contributed by atoms with E-state index in [2.05, 4.69) is 15.2 Å². The minimum absolute atomic E-state index is 0.133. The summed E-state index contributed by atoms with van der Waals surface area (Å²) < 4.78 is 5.39. The van der Waals surface area contributed by atoms with Crippen molar-refractivity contribution in [2.45, 2.75) is 33.3 Å². The van der Waals surface area contributed by atoms with Crippen molar-refractivity contribution in [3.63, 3.8) is 0 Å². The van der Waals surface area contributed by atoms with Crippen molar-refractivity contribution in [1.29, 1.82) is 0 Å². The van der Waals surface area contributed by atoms with Crippen LogP contribution in [0.3, 0.4) is 0 Å². The third-order valence-electron chi connectivity index (χ3n) is 3.33. The predicted octanol–water partition coefficient (Wildman–Crippen LogP) is 2.10. The monoisotopic (exact) mass is 320 g/mol. The molecule has 2 rings (SSSR count). The number of pyridine rings is 1. The zero-order chi connectivity index (χ0) is 17.0. The molecule has 2 amide bonds. The van der Waals surface area contributed by atoms with Gasteiger partial charge in [-0.15, -0.1) is 0 Å². The van der Waals surface area contributed by atoms with Gasteiger partial charge < -0.3 is 19.9 Å². The van der Waals surface area contributed by atoms with Crippen molar-refractivity contribution >= 4 is 23.5 Å². The van der Waals surface area contributed by atoms with Crippen LogP contribution in [0.5, 0.6) is 0 Å². The summed E-state index contributed by atoms with van der Waals surface area (Å²) in [6.45, 7) is 9.44. The predicted molar refractivity (Wildman–Crippen MR) is 88.6 cm³/mol. The highest BCUT2D eigenvalue weighted by molar-refractivity contribution is 5.91. The van der Waals surface area contributed by atoms with Gasteiger partial charge in [-0.1, -0.05) is 0 Å². The molecule has 1 aromatic rings. The van der Waals surface area contributed by atoms with E-state index in [1.165, 1.54) is 6.92 Å². The van der Waals surface area contributed by atoms with E-state index in [4.69, 9.17) is 4.74 Å². The van der Waals surface area contributed by atoms with Gasteiger partial charge in [0.15, 0.2) is 5.82 Å². The molecule has 2 heterocycles. The highest BCUT2D eigenvalue weighted by Gasteiger charge is 2.27. The molecular formula is C16H24N4O3. The number of amides is 2. The van der Waals surface area contributed by atoms with E-state index in [1.54, 1.807) is 17.2 Å². The molecular weight excluding hydrogens is 296 g/mol. The molecule has 0 atom stereocenters. The molecule has 1 aromatic heterocycles. The normalized spacial score (nSPS) is 15.3. The summed E-state index contributed by atoms with van der Waals surface area (Å²) in [6, 6.07) is 3.61. The number of piperazine rings is 1. The number of nitrogens with one attached hydrogen (secondary N) is 1. The van der Waals surface area contributed by atoms with Gasteiger partial charge in [0.2, 0.25) is 5.91 Å². The number of anilines is 2. The molecule has 7 nitrogen and oxygen atoms in total. The number of ether oxygens (including phenoxy) is 1. The molecule has 7 heteroatoms. The highest BCUT2D eigenvalue weighted by Crippen LogP contribution is 2.24. The van der Waals surface area contributed by atoms with Crippen molar-refractivity contribution in [3.8, 4) is 0 Å². The first-order valence-electron chi connectivity index (χ1n) is 7.72. The van der Waals surface area contributed by atoms with Crippen LogP contribution in [0.4, 0.5) is 16.3 Å². The van der Waals surface area contributed by atoms with Gasteiger partial charge in [-0.2, -0.15) is 0 Å². The summed E-state index contributed by atoms with van der Waals surface area (Å²) in [7, 11) is 0. The fraction of sp³-hybridized carbons (Fsp3) is 0.562. The van der Waals surface area contributed by atoms with Crippen LogP contribution in [0.15, 0.2) is 18.3 Å². The first-order chi connectivity index (χ1) is 10.8. The number of hydrogen-bond acceptors (Lipinski definition) is 5. The van der Waals surface area contributed by atoms with Gasteiger partial charge in [-0.3, -0.25) is 4.79 Å². The standard InChI is InChI=1S/C16H24N4O3/c1-12(21)18-13-6-5-7-17-14(13)19-8-10-20(11-9-19)15(22)23-16(2,3)4/h5-7H,8-11H2,1-4H3,(H,18,21). The maximum absolute atomic E-state index is 12.1. The Hall–Kier alpha value is -2.31. The number of carbonyl (C=O) groups is 2. The number of nitrogens with zero attached hydrogens (tertiary/aromatic N) is 3. The lowest BCUT2D eigenvalue weighted by Gasteiger charge is -2.36. The fourth-order valence-electron chi connectivity index (χ4n) is 2.36. The highest BCUT2D eigenvalue weighted by atomic mass is 16.6. The summed E-state index contributed by atoms with van der Waals surface area (Å²) in [5.74, 6) is 0.596. The molecule has 1 aliphatic heterocycles.